The van der Waals surface area contributed by atoms with Gasteiger partial charge in [-0.15, -0.1) is 0 Å². The first-order valence-corrected chi connectivity index (χ1v) is 12.9. The normalized spacial score (nSPS) is 14.2. The van der Waals surface area contributed by atoms with Crippen LogP contribution < -0.4 is 23.7 Å². The van der Waals surface area contributed by atoms with Crippen LogP contribution >= 0.6 is 0 Å². The van der Waals surface area contributed by atoms with Crippen LogP contribution in [0, 0.1) is 6.92 Å². The molecule has 0 saturated heterocycles. The molecule has 0 N–H and O–H groups in total. The zero-order chi connectivity index (χ0) is 27.5. The van der Waals surface area contributed by atoms with E-state index < -0.39 is 0 Å². The van der Waals surface area contributed by atoms with Crippen LogP contribution in [0.5, 0.6) is 28.7 Å². The Hall–Kier alpha value is -4.38. The highest BCUT2D eigenvalue weighted by Gasteiger charge is 2.37. The van der Waals surface area contributed by atoms with Crippen LogP contribution in [-0.2, 0) is 6.42 Å². The Morgan fingerprint density at radius 1 is 0.590 bits per heavy atom. The van der Waals surface area contributed by atoms with Crippen LogP contribution in [0.4, 0.5) is 0 Å². The van der Waals surface area contributed by atoms with Crippen LogP contribution in [0.1, 0.15) is 39.3 Å². The van der Waals surface area contributed by atoms with Gasteiger partial charge in [0.05, 0.1) is 35.5 Å². The van der Waals surface area contributed by atoms with Crippen LogP contribution in [-0.4, -0.2) is 35.5 Å². The minimum Gasteiger partial charge on any atom is -0.497 e. The highest BCUT2D eigenvalue weighted by Crippen LogP contribution is 2.56. The van der Waals surface area contributed by atoms with Crippen molar-refractivity contribution in [1.29, 1.82) is 0 Å². The fourth-order valence-electron chi connectivity index (χ4n) is 5.44. The average Bonchev–Trinajstić information content (AvgIpc) is 3.30. The third-order valence-corrected chi connectivity index (χ3v) is 7.41. The molecule has 0 aliphatic heterocycles. The fraction of sp³-hybridized carbons (Fsp3) is 0.235. The SMILES string of the molecule is COc1ccc(CC2=C(c3ccc(C)cc3)[C@@H](c3cc(OC)cc(OC)c3)c3c(OC)cc(OC)cc32)cc1. The van der Waals surface area contributed by atoms with Gasteiger partial charge in [-0.1, -0.05) is 42.0 Å². The number of allylic oxidation sites excluding steroid dienone is 2. The van der Waals surface area contributed by atoms with E-state index in [1.165, 1.54) is 22.3 Å². The molecule has 0 spiro atoms. The molecule has 1 aliphatic rings. The summed E-state index contributed by atoms with van der Waals surface area (Å²) in [6.45, 7) is 2.11. The second kappa shape index (κ2) is 11.2. The van der Waals surface area contributed by atoms with Crippen molar-refractivity contribution in [3.05, 3.63) is 112 Å². The van der Waals surface area contributed by atoms with Crippen molar-refractivity contribution in [3.63, 3.8) is 0 Å². The van der Waals surface area contributed by atoms with Crippen molar-refractivity contribution in [2.24, 2.45) is 0 Å². The second-order valence-corrected chi connectivity index (χ2v) is 9.65. The summed E-state index contributed by atoms with van der Waals surface area (Å²) in [6.07, 6.45) is 0.730. The van der Waals surface area contributed by atoms with Crippen LogP contribution in [0.3, 0.4) is 0 Å². The molecule has 0 heterocycles. The molecule has 5 nitrogen and oxygen atoms in total. The van der Waals surface area contributed by atoms with Crippen molar-refractivity contribution < 1.29 is 23.7 Å². The van der Waals surface area contributed by atoms with Gasteiger partial charge in [-0.2, -0.15) is 0 Å². The molecule has 4 aromatic carbocycles. The quantitative estimate of drug-likeness (QED) is 0.230. The van der Waals surface area contributed by atoms with Gasteiger partial charge in [0.25, 0.3) is 0 Å². The van der Waals surface area contributed by atoms with Gasteiger partial charge >= 0.3 is 0 Å². The zero-order valence-electron chi connectivity index (χ0n) is 23.3. The minimum absolute atomic E-state index is 0.110. The van der Waals surface area contributed by atoms with Gasteiger partial charge in [0, 0.05) is 23.6 Å². The fourth-order valence-corrected chi connectivity index (χ4v) is 5.44. The maximum atomic E-state index is 6.01. The van der Waals surface area contributed by atoms with E-state index in [0.717, 1.165) is 57.4 Å². The Bertz CT molecular complexity index is 1480. The summed E-state index contributed by atoms with van der Waals surface area (Å²) in [5, 5.41) is 0. The second-order valence-electron chi connectivity index (χ2n) is 9.65. The molecule has 5 heteroatoms. The Labute approximate surface area is 230 Å². The Morgan fingerprint density at radius 2 is 1.18 bits per heavy atom. The first-order chi connectivity index (χ1) is 19.0. The number of methoxy groups -OCH3 is 5. The lowest BCUT2D eigenvalue weighted by molar-refractivity contribution is 0.389. The summed E-state index contributed by atoms with van der Waals surface area (Å²) >= 11 is 0. The Balaban J connectivity index is 1.82. The molecule has 0 saturated carbocycles. The molecule has 39 heavy (non-hydrogen) atoms. The van der Waals surface area contributed by atoms with Crippen molar-refractivity contribution in [1.82, 2.24) is 0 Å². The van der Waals surface area contributed by atoms with Crippen LogP contribution in [0.15, 0.2) is 78.9 Å². The molecular weight excluding hydrogens is 488 g/mol. The summed E-state index contributed by atoms with van der Waals surface area (Å²) in [4.78, 5) is 0. The first-order valence-electron chi connectivity index (χ1n) is 12.9. The van der Waals surface area contributed by atoms with E-state index in [1.807, 2.05) is 24.3 Å². The van der Waals surface area contributed by atoms with E-state index in [0.29, 0.717) is 0 Å². The molecule has 1 atom stereocenters. The predicted octanol–water partition coefficient (Wildman–Crippen LogP) is 7.34. The molecule has 0 fully saturated rings. The third kappa shape index (κ3) is 5.05. The molecule has 200 valence electrons. The average molecular weight is 523 g/mol. The molecule has 0 bridgehead atoms. The van der Waals surface area contributed by atoms with E-state index in [1.54, 1.807) is 35.5 Å². The lowest BCUT2D eigenvalue weighted by atomic mass is 9.83. The highest BCUT2D eigenvalue weighted by molar-refractivity contribution is 6.03. The topological polar surface area (TPSA) is 46.2 Å². The van der Waals surface area contributed by atoms with Crippen molar-refractivity contribution in [2.75, 3.05) is 35.5 Å². The summed E-state index contributed by atoms with van der Waals surface area (Å²) in [7, 11) is 8.45. The molecule has 1 aliphatic carbocycles. The zero-order valence-corrected chi connectivity index (χ0v) is 23.3. The number of hydrogen-bond acceptors (Lipinski definition) is 5. The van der Waals surface area contributed by atoms with Crippen molar-refractivity contribution in [2.45, 2.75) is 19.3 Å². The number of aryl methyl sites for hydroxylation is 1. The molecule has 5 rings (SSSR count). The maximum Gasteiger partial charge on any atom is 0.127 e. The van der Waals surface area contributed by atoms with Gasteiger partial charge in [0.1, 0.15) is 28.7 Å². The van der Waals surface area contributed by atoms with Gasteiger partial charge in [0.15, 0.2) is 0 Å². The number of hydrogen-bond donors (Lipinski definition) is 0. The van der Waals surface area contributed by atoms with Crippen LogP contribution in [0.25, 0.3) is 11.1 Å². The Kier molecular flexibility index (Phi) is 7.51. The number of rotatable bonds is 9. The molecular formula is C34H34O5. The summed E-state index contributed by atoms with van der Waals surface area (Å²) < 4.78 is 28.5. The van der Waals surface area contributed by atoms with Crippen LogP contribution in [0.2, 0.25) is 0 Å². The number of ether oxygens (including phenoxy) is 5. The monoisotopic (exact) mass is 522 g/mol. The molecule has 0 radical (unpaired) electrons. The van der Waals surface area contributed by atoms with Crippen molar-refractivity contribution in [3.8, 4) is 28.7 Å². The van der Waals surface area contributed by atoms with Gasteiger partial charge in [-0.05, 0) is 77.1 Å². The number of benzene rings is 4. The van der Waals surface area contributed by atoms with E-state index in [-0.39, 0.29) is 5.92 Å². The first kappa shape index (κ1) is 26.2. The maximum absolute atomic E-state index is 6.01. The van der Waals surface area contributed by atoms with E-state index in [2.05, 4.69) is 61.5 Å². The van der Waals surface area contributed by atoms with E-state index in [4.69, 9.17) is 23.7 Å². The number of fused-ring (bicyclic) bond motifs is 1. The minimum atomic E-state index is -0.110. The highest BCUT2D eigenvalue weighted by atomic mass is 16.5. The van der Waals surface area contributed by atoms with E-state index >= 15 is 0 Å². The molecule has 0 unspecified atom stereocenters. The van der Waals surface area contributed by atoms with E-state index in [9.17, 15) is 0 Å². The smallest absolute Gasteiger partial charge is 0.127 e. The predicted molar refractivity (Wildman–Crippen MR) is 156 cm³/mol. The largest absolute Gasteiger partial charge is 0.497 e. The summed E-state index contributed by atoms with van der Waals surface area (Å²) in [5.41, 5.74) is 9.30. The molecule has 0 aromatic heterocycles. The van der Waals surface area contributed by atoms with Gasteiger partial charge in [-0.25, -0.2) is 0 Å². The summed E-state index contributed by atoms with van der Waals surface area (Å²) in [6, 6.07) is 27.2. The van der Waals surface area contributed by atoms with Crippen molar-refractivity contribution >= 4 is 11.1 Å². The van der Waals surface area contributed by atoms with Gasteiger partial charge < -0.3 is 23.7 Å². The van der Waals surface area contributed by atoms with Gasteiger partial charge in [-0.3, -0.25) is 0 Å². The Morgan fingerprint density at radius 3 is 1.74 bits per heavy atom. The standard InChI is InChI=1S/C34H34O5/c1-21-7-11-23(12-8-21)32-29(15-22-9-13-25(35-2)14-10-22)30-19-28(38-5)20-31(39-6)34(30)33(32)24-16-26(36-3)18-27(17-24)37-4/h7-14,16-20,33H,15H2,1-6H3/t33-/m1/s1. The lowest BCUT2D eigenvalue weighted by Gasteiger charge is -2.22. The summed E-state index contributed by atoms with van der Waals surface area (Å²) in [5.74, 6) is 3.75. The third-order valence-electron chi connectivity index (χ3n) is 7.41. The molecule has 0 amide bonds. The molecule has 4 aromatic rings. The lowest BCUT2D eigenvalue weighted by Crippen LogP contribution is -2.05. The van der Waals surface area contributed by atoms with Gasteiger partial charge in [0.2, 0.25) is 0 Å².